The van der Waals surface area contributed by atoms with Crippen molar-refractivity contribution in [3.63, 3.8) is 0 Å². The van der Waals surface area contributed by atoms with E-state index in [1.165, 1.54) is 63.4 Å². The Labute approximate surface area is 343 Å². The third-order valence-corrected chi connectivity index (χ3v) is 18.5. The molecule has 1 aliphatic rings. The molecular weight excluding hydrogens is 741 g/mol. The second kappa shape index (κ2) is 13.2. The maximum absolute atomic E-state index is 5.21. The average Bonchev–Trinajstić information content (AvgIpc) is 3.83. The Bertz CT molecular complexity index is 3130. The van der Waals surface area contributed by atoms with Gasteiger partial charge in [0, 0.05) is 44.4 Å². The van der Waals surface area contributed by atoms with Crippen molar-refractivity contribution in [3.8, 4) is 11.4 Å². The lowest BCUT2D eigenvalue weighted by molar-refractivity contribution is 0.638. The number of aryl methyl sites for hydroxylation is 1. The van der Waals surface area contributed by atoms with Gasteiger partial charge in [-0.15, -0.1) is 11.3 Å². The molecule has 0 bridgehead atoms. The predicted octanol–water partition coefficient (Wildman–Crippen LogP) is 10.5. The molecule has 3 aromatic heterocycles. The summed E-state index contributed by atoms with van der Waals surface area (Å²) < 4.78 is 4.88. The summed E-state index contributed by atoms with van der Waals surface area (Å²) >= 11 is 1.94. The maximum Gasteiger partial charge on any atom is 0.181 e. The molecule has 0 spiro atoms. The number of rotatable bonds is 6. The zero-order chi connectivity index (χ0) is 39.0. The van der Waals surface area contributed by atoms with Crippen LogP contribution in [0.15, 0.2) is 188 Å². The van der Waals surface area contributed by atoms with Gasteiger partial charge in [-0.2, -0.15) is 0 Å². The molecule has 11 rings (SSSR count). The monoisotopic (exact) mass is 780 g/mol. The van der Waals surface area contributed by atoms with Gasteiger partial charge in [-0.25, -0.2) is 9.97 Å². The van der Waals surface area contributed by atoms with Crippen LogP contribution in [0.1, 0.15) is 25.0 Å². The number of aromatic nitrogens is 3. The number of hydrogen-bond donors (Lipinski definition) is 0. The average molecular weight is 781 g/mol. The van der Waals surface area contributed by atoms with Crippen LogP contribution in [0, 0.1) is 0 Å². The van der Waals surface area contributed by atoms with E-state index in [0.29, 0.717) is 0 Å². The summed E-state index contributed by atoms with van der Waals surface area (Å²) in [4.78, 5) is 12.7. The van der Waals surface area contributed by atoms with Crippen molar-refractivity contribution in [1.82, 2.24) is 14.5 Å². The Morgan fingerprint density at radius 2 is 1.28 bits per heavy atom. The molecule has 58 heavy (non-hydrogen) atoms. The minimum atomic E-state index is -3.15. The van der Waals surface area contributed by atoms with Crippen LogP contribution in [0.5, 0.6) is 0 Å². The van der Waals surface area contributed by atoms with E-state index < -0.39 is 8.07 Å². The molecule has 10 aromatic rings. The molecule has 278 valence electrons. The zero-order valence-corrected chi connectivity index (χ0v) is 34.4. The highest BCUT2D eigenvalue weighted by atomic mass is 32.1. The Kier molecular flexibility index (Phi) is 7.90. The van der Waals surface area contributed by atoms with Crippen molar-refractivity contribution in [3.05, 3.63) is 199 Å². The highest BCUT2D eigenvalue weighted by molar-refractivity contribution is 7.30. The van der Waals surface area contributed by atoms with Gasteiger partial charge in [0.15, 0.2) is 8.07 Å². The van der Waals surface area contributed by atoms with Crippen molar-refractivity contribution < 1.29 is 0 Å². The van der Waals surface area contributed by atoms with E-state index in [2.05, 4.69) is 206 Å². The Balaban J connectivity index is 1.33. The molecule has 4 heterocycles. The molecule has 7 aromatic carbocycles. The number of pyridine rings is 1. The maximum atomic E-state index is 5.21. The van der Waals surface area contributed by atoms with Crippen LogP contribution in [0.25, 0.3) is 42.6 Å². The molecular formula is C52H40N4SSi. The fourth-order valence-corrected chi connectivity index (χ4v) is 16.4. The molecule has 0 atom stereocenters. The second-order valence-electron chi connectivity index (χ2n) is 15.8. The molecule has 1 aliphatic heterocycles. The SMILES string of the molecule is Cn1c(-c2cccc([Si](c3ccccc3)(c3ccccc3)c3cc4c(c5c3sc3ccccc35)C(C)(C)c3ccccc3N4c3ccccn3)c2)nc2ccccc21. The van der Waals surface area contributed by atoms with Crippen LogP contribution in [-0.2, 0) is 12.5 Å². The van der Waals surface area contributed by atoms with E-state index in [0.717, 1.165) is 28.2 Å². The molecule has 0 amide bonds. The standard InChI is InChI=1S/C52H40N4SSi/c1-52(2)40-26-11-13-28-42(40)56(47-31-16-17-32-53-47)44-34-46(50-48(49(44)52)39-25-10-15-30-45(39)57-50)58(36-20-6-4-7-21-36,37-22-8-5-9-23-37)38-24-18-19-35(33-38)51-54-41-27-12-14-29-43(41)55(51)3/h4-34H,1-3H3. The summed E-state index contributed by atoms with van der Waals surface area (Å²) in [7, 11) is -1.02. The van der Waals surface area contributed by atoms with Crippen molar-refractivity contribution in [1.29, 1.82) is 0 Å². The Morgan fingerprint density at radius 1 is 0.603 bits per heavy atom. The third-order valence-electron chi connectivity index (χ3n) is 12.3. The number of para-hydroxylation sites is 3. The van der Waals surface area contributed by atoms with E-state index in [9.17, 15) is 0 Å². The minimum Gasteiger partial charge on any atom is -0.327 e. The zero-order valence-electron chi connectivity index (χ0n) is 32.6. The Morgan fingerprint density at radius 3 is 2.03 bits per heavy atom. The minimum absolute atomic E-state index is 0.304. The lowest BCUT2D eigenvalue weighted by Crippen LogP contribution is -2.75. The van der Waals surface area contributed by atoms with Crippen LogP contribution < -0.4 is 25.6 Å². The van der Waals surface area contributed by atoms with E-state index in [1.807, 2.05) is 23.6 Å². The van der Waals surface area contributed by atoms with Gasteiger partial charge in [-0.3, -0.25) is 4.90 Å². The first-order chi connectivity index (χ1) is 28.5. The highest BCUT2D eigenvalue weighted by Gasteiger charge is 2.47. The molecule has 0 fully saturated rings. The van der Waals surface area contributed by atoms with Crippen LogP contribution in [0.2, 0.25) is 0 Å². The Hall–Kier alpha value is -6.60. The molecule has 0 radical (unpaired) electrons. The predicted molar refractivity (Wildman–Crippen MR) is 247 cm³/mol. The van der Waals surface area contributed by atoms with Crippen molar-refractivity contribution in [2.45, 2.75) is 19.3 Å². The van der Waals surface area contributed by atoms with Crippen molar-refractivity contribution in [2.24, 2.45) is 7.05 Å². The summed E-state index contributed by atoms with van der Waals surface area (Å²) in [5, 5.41) is 7.99. The molecule has 6 heteroatoms. The number of hydrogen-bond acceptors (Lipinski definition) is 4. The fourth-order valence-electron chi connectivity index (χ4n) is 9.81. The number of thiophene rings is 1. The molecule has 0 saturated heterocycles. The van der Waals surface area contributed by atoms with Gasteiger partial charge >= 0.3 is 0 Å². The second-order valence-corrected chi connectivity index (χ2v) is 20.7. The van der Waals surface area contributed by atoms with Crippen LogP contribution in [0.3, 0.4) is 0 Å². The normalized spacial score (nSPS) is 13.5. The highest BCUT2D eigenvalue weighted by Crippen LogP contribution is 2.55. The van der Waals surface area contributed by atoms with E-state index in [1.54, 1.807) is 0 Å². The third kappa shape index (κ3) is 4.98. The van der Waals surface area contributed by atoms with Gasteiger partial charge < -0.3 is 4.57 Å². The summed E-state index contributed by atoms with van der Waals surface area (Å²) in [6.07, 6.45) is 1.91. The van der Waals surface area contributed by atoms with Crippen LogP contribution in [0.4, 0.5) is 17.2 Å². The van der Waals surface area contributed by atoms with E-state index >= 15 is 0 Å². The lowest BCUT2D eigenvalue weighted by atomic mass is 9.72. The largest absolute Gasteiger partial charge is 0.327 e. The molecule has 0 N–H and O–H groups in total. The number of anilines is 3. The van der Waals surface area contributed by atoms with E-state index in [-0.39, 0.29) is 5.41 Å². The number of fused-ring (bicyclic) bond motifs is 7. The van der Waals surface area contributed by atoms with Gasteiger partial charge in [0.1, 0.15) is 11.6 Å². The fraction of sp³-hybridized carbons (Fsp3) is 0.0769. The molecule has 0 saturated carbocycles. The number of benzene rings is 7. The van der Waals surface area contributed by atoms with Gasteiger partial charge in [0.25, 0.3) is 0 Å². The molecule has 0 unspecified atom stereocenters. The smallest absolute Gasteiger partial charge is 0.181 e. The quantitative estimate of drug-likeness (QED) is 0.125. The van der Waals surface area contributed by atoms with Crippen LogP contribution >= 0.6 is 11.3 Å². The first-order valence-corrected chi connectivity index (χ1v) is 22.7. The summed E-state index contributed by atoms with van der Waals surface area (Å²) in [5.41, 5.74) is 7.91. The molecule has 4 nitrogen and oxygen atoms in total. The van der Waals surface area contributed by atoms with Gasteiger partial charge in [0.2, 0.25) is 0 Å². The summed E-state index contributed by atoms with van der Waals surface area (Å²) in [5.74, 6) is 1.87. The lowest BCUT2D eigenvalue weighted by Gasteiger charge is -2.43. The van der Waals surface area contributed by atoms with Crippen molar-refractivity contribution >= 4 is 88.6 Å². The van der Waals surface area contributed by atoms with Gasteiger partial charge in [-0.1, -0.05) is 153 Å². The van der Waals surface area contributed by atoms with Crippen LogP contribution in [-0.4, -0.2) is 22.6 Å². The summed E-state index contributed by atoms with van der Waals surface area (Å²) in [6, 6.07) is 67.1. The first kappa shape index (κ1) is 34.6. The first-order valence-electron chi connectivity index (χ1n) is 19.9. The van der Waals surface area contributed by atoms with Crippen molar-refractivity contribution in [2.75, 3.05) is 4.90 Å². The topological polar surface area (TPSA) is 34.0 Å². The summed E-state index contributed by atoms with van der Waals surface area (Å²) in [6.45, 7) is 4.82. The number of nitrogens with zero attached hydrogens (tertiary/aromatic N) is 4. The van der Waals surface area contributed by atoms with Gasteiger partial charge in [-0.05, 0) is 74.3 Å². The molecule has 0 aliphatic carbocycles. The number of imidazole rings is 1. The van der Waals surface area contributed by atoms with Gasteiger partial charge in [0.05, 0.1) is 22.4 Å². The van der Waals surface area contributed by atoms with E-state index in [4.69, 9.17) is 9.97 Å².